The molecule has 2 aromatic heterocycles. The predicted octanol–water partition coefficient (Wildman–Crippen LogP) is 2.63. The quantitative estimate of drug-likeness (QED) is 0.732. The van der Waals surface area contributed by atoms with Gasteiger partial charge in [-0.25, -0.2) is 0 Å². The van der Waals surface area contributed by atoms with E-state index in [1.54, 1.807) is 16.0 Å². The molecule has 1 saturated heterocycles. The molecule has 0 aliphatic carbocycles. The number of amides is 1. The number of benzene rings is 1. The molecular weight excluding hydrogens is 360 g/mol. The van der Waals surface area contributed by atoms with Crippen LogP contribution in [-0.2, 0) is 13.5 Å². The van der Waals surface area contributed by atoms with Gasteiger partial charge in [0, 0.05) is 32.1 Å². The normalized spacial score (nSPS) is 15.4. The molecule has 0 bridgehead atoms. The molecule has 0 radical (unpaired) electrons. The van der Waals surface area contributed by atoms with Crippen LogP contribution in [0.2, 0.25) is 0 Å². The van der Waals surface area contributed by atoms with Crippen LogP contribution in [0.4, 0.5) is 5.13 Å². The summed E-state index contributed by atoms with van der Waals surface area (Å²) in [4.78, 5) is 14.9. The van der Waals surface area contributed by atoms with Crippen molar-refractivity contribution in [2.24, 2.45) is 13.0 Å². The predicted molar refractivity (Wildman–Crippen MR) is 107 cm³/mol. The van der Waals surface area contributed by atoms with Gasteiger partial charge >= 0.3 is 0 Å². The third-order valence-corrected chi connectivity index (χ3v) is 6.30. The Bertz CT molecular complexity index is 941. The van der Waals surface area contributed by atoms with Crippen molar-refractivity contribution in [1.82, 2.24) is 25.3 Å². The summed E-state index contributed by atoms with van der Waals surface area (Å²) in [6.45, 7) is 4.72. The smallest absolute Gasteiger partial charge is 0.272 e. The highest BCUT2D eigenvalue weighted by Gasteiger charge is 2.23. The lowest BCUT2D eigenvalue weighted by atomic mass is 9.97. The minimum Gasteiger partial charge on any atom is -0.350 e. The van der Waals surface area contributed by atoms with Gasteiger partial charge in [0.2, 0.25) is 5.13 Å². The number of hydrogen-bond donors (Lipinski definition) is 1. The minimum atomic E-state index is -0.0917. The maximum absolute atomic E-state index is 12.6. The van der Waals surface area contributed by atoms with Crippen molar-refractivity contribution < 1.29 is 4.79 Å². The fraction of sp³-hybridized carbons (Fsp3) is 0.474. The molecule has 1 aromatic carbocycles. The maximum Gasteiger partial charge on any atom is 0.272 e. The standard InChI is InChI=1S/C19H24N6OS/c1-3-16-21-22-19(27-16)25-10-8-13(9-11-25)12-20-18(26)17-14-6-4-5-7-15(14)24(2)23-17/h4-7,13H,3,8-12H2,1-2H3,(H,20,26). The minimum absolute atomic E-state index is 0.0917. The summed E-state index contributed by atoms with van der Waals surface area (Å²) in [6, 6.07) is 7.82. The molecular formula is C19H24N6OS. The number of rotatable bonds is 5. The first-order valence-electron chi connectivity index (χ1n) is 9.43. The highest BCUT2D eigenvalue weighted by molar-refractivity contribution is 7.15. The molecule has 27 heavy (non-hydrogen) atoms. The van der Waals surface area contributed by atoms with Crippen molar-refractivity contribution >= 4 is 33.3 Å². The number of piperidine rings is 1. The number of carbonyl (C=O) groups is 1. The Balaban J connectivity index is 1.32. The Hall–Kier alpha value is -2.48. The maximum atomic E-state index is 12.6. The van der Waals surface area contributed by atoms with Gasteiger partial charge in [0.1, 0.15) is 5.01 Å². The number of anilines is 1. The number of fused-ring (bicyclic) bond motifs is 1. The third kappa shape index (κ3) is 3.66. The van der Waals surface area contributed by atoms with Crippen LogP contribution in [0.15, 0.2) is 24.3 Å². The molecule has 0 atom stereocenters. The molecule has 8 heteroatoms. The van der Waals surface area contributed by atoms with E-state index in [0.717, 1.165) is 53.4 Å². The number of para-hydroxylation sites is 1. The van der Waals surface area contributed by atoms with Gasteiger partial charge in [-0.1, -0.05) is 36.5 Å². The average Bonchev–Trinajstić information content (AvgIpc) is 3.32. The van der Waals surface area contributed by atoms with Crippen LogP contribution in [0.3, 0.4) is 0 Å². The monoisotopic (exact) mass is 384 g/mol. The number of nitrogens with zero attached hydrogens (tertiary/aromatic N) is 5. The van der Waals surface area contributed by atoms with Crippen molar-refractivity contribution in [3.05, 3.63) is 35.0 Å². The van der Waals surface area contributed by atoms with Gasteiger partial charge in [-0.05, 0) is 31.2 Å². The van der Waals surface area contributed by atoms with Gasteiger partial charge in [0.25, 0.3) is 5.91 Å². The lowest BCUT2D eigenvalue weighted by Crippen LogP contribution is -2.38. The second-order valence-corrected chi connectivity index (χ2v) is 8.00. The van der Waals surface area contributed by atoms with Gasteiger partial charge in [-0.15, -0.1) is 10.2 Å². The zero-order valence-corrected chi connectivity index (χ0v) is 16.5. The molecule has 0 saturated carbocycles. The van der Waals surface area contributed by atoms with Gasteiger partial charge in [0.15, 0.2) is 5.69 Å². The molecule has 0 unspecified atom stereocenters. The highest BCUT2D eigenvalue weighted by Crippen LogP contribution is 2.26. The Morgan fingerprint density at radius 1 is 1.26 bits per heavy atom. The van der Waals surface area contributed by atoms with Crippen LogP contribution in [0.5, 0.6) is 0 Å². The number of carbonyl (C=O) groups excluding carboxylic acids is 1. The Morgan fingerprint density at radius 3 is 2.78 bits per heavy atom. The number of aryl methyl sites for hydroxylation is 2. The van der Waals surface area contributed by atoms with E-state index in [0.29, 0.717) is 18.2 Å². The topological polar surface area (TPSA) is 75.9 Å². The number of hydrogen-bond acceptors (Lipinski definition) is 6. The van der Waals surface area contributed by atoms with E-state index in [1.807, 2.05) is 31.3 Å². The van der Waals surface area contributed by atoms with Gasteiger partial charge in [-0.2, -0.15) is 5.10 Å². The van der Waals surface area contributed by atoms with E-state index < -0.39 is 0 Å². The second kappa shape index (κ2) is 7.64. The Labute approximate surface area is 162 Å². The van der Waals surface area contributed by atoms with Crippen molar-refractivity contribution in [2.45, 2.75) is 26.2 Å². The average molecular weight is 385 g/mol. The first-order valence-corrected chi connectivity index (χ1v) is 10.2. The zero-order chi connectivity index (χ0) is 18.8. The summed E-state index contributed by atoms with van der Waals surface area (Å²) >= 11 is 1.68. The molecule has 1 aliphatic rings. The van der Waals surface area contributed by atoms with Crippen molar-refractivity contribution in [3.8, 4) is 0 Å². The zero-order valence-electron chi connectivity index (χ0n) is 15.7. The largest absolute Gasteiger partial charge is 0.350 e. The fourth-order valence-corrected chi connectivity index (χ4v) is 4.38. The lowest BCUT2D eigenvalue weighted by Gasteiger charge is -2.31. The summed E-state index contributed by atoms with van der Waals surface area (Å²) in [7, 11) is 1.87. The SMILES string of the molecule is CCc1nnc(N2CCC(CNC(=O)c3nn(C)c4ccccc34)CC2)s1. The van der Waals surface area contributed by atoms with E-state index >= 15 is 0 Å². The summed E-state index contributed by atoms with van der Waals surface area (Å²) in [5, 5.41) is 19.0. The molecule has 3 aromatic rings. The van der Waals surface area contributed by atoms with E-state index in [1.165, 1.54) is 0 Å². The van der Waals surface area contributed by atoms with Crippen LogP contribution < -0.4 is 10.2 Å². The van der Waals surface area contributed by atoms with E-state index in [-0.39, 0.29) is 5.91 Å². The van der Waals surface area contributed by atoms with Crippen LogP contribution in [-0.4, -0.2) is 45.5 Å². The Kier molecular flexibility index (Phi) is 5.07. The summed E-state index contributed by atoms with van der Waals surface area (Å²) < 4.78 is 1.76. The third-order valence-electron chi connectivity index (χ3n) is 5.17. The van der Waals surface area contributed by atoms with Crippen molar-refractivity contribution in [3.63, 3.8) is 0 Å². The van der Waals surface area contributed by atoms with E-state index in [4.69, 9.17) is 0 Å². The first-order chi connectivity index (χ1) is 13.2. The first kappa shape index (κ1) is 17.9. The summed E-state index contributed by atoms with van der Waals surface area (Å²) in [6.07, 6.45) is 3.02. The van der Waals surface area contributed by atoms with E-state index in [2.05, 4.69) is 32.4 Å². The van der Waals surface area contributed by atoms with Crippen LogP contribution in [0, 0.1) is 5.92 Å². The Morgan fingerprint density at radius 2 is 2.04 bits per heavy atom. The highest BCUT2D eigenvalue weighted by atomic mass is 32.1. The second-order valence-electron chi connectivity index (χ2n) is 6.96. The van der Waals surface area contributed by atoms with Crippen molar-refractivity contribution in [1.29, 1.82) is 0 Å². The molecule has 1 amide bonds. The van der Waals surface area contributed by atoms with Gasteiger partial charge in [0.05, 0.1) is 5.52 Å². The number of nitrogens with one attached hydrogen (secondary N) is 1. The molecule has 3 heterocycles. The van der Waals surface area contributed by atoms with Gasteiger partial charge in [-0.3, -0.25) is 9.48 Å². The van der Waals surface area contributed by atoms with Gasteiger partial charge < -0.3 is 10.2 Å². The summed E-state index contributed by atoms with van der Waals surface area (Å²) in [5.41, 5.74) is 1.48. The molecule has 142 valence electrons. The fourth-order valence-electron chi connectivity index (χ4n) is 3.55. The van der Waals surface area contributed by atoms with Crippen LogP contribution >= 0.6 is 11.3 Å². The molecule has 1 fully saturated rings. The molecule has 0 spiro atoms. The molecule has 1 aliphatic heterocycles. The van der Waals surface area contributed by atoms with E-state index in [9.17, 15) is 4.79 Å². The number of aromatic nitrogens is 4. The van der Waals surface area contributed by atoms with Crippen LogP contribution in [0.25, 0.3) is 10.9 Å². The lowest BCUT2D eigenvalue weighted by molar-refractivity contribution is 0.0940. The molecule has 1 N–H and O–H groups in total. The van der Waals surface area contributed by atoms with Crippen LogP contribution in [0.1, 0.15) is 35.3 Å². The molecule has 7 nitrogen and oxygen atoms in total. The molecule has 4 rings (SSSR count). The summed E-state index contributed by atoms with van der Waals surface area (Å²) in [5.74, 6) is 0.393. The van der Waals surface area contributed by atoms with Crippen molar-refractivity contribution in [2.75, 3.05) is 24.5 Å².